The van der Waals surface area contributed by atoms with E-state index in [1.54, 1.807) is 18.2 Å². The van der Waals surface area contributed by atoms with Gasteiger partial charge in [0.25, 0.3) is 0 Å². The quantitative estimate of drug-likeness (QED) is 0.851. The molecule has 96 valence electrons. The molecule has 0 saturated carbocycles. The molecule has 0 amide bonds. The highest BCUT2D eigenvalue weighted by molar-refractivity contribution is 6.32. The number of nitrogens with one attached hydrogen (secondary N) is 1. The van der Waals surface area contributed by atoms with Gasteiger partial charge in [0.2, 0.25) is 0 Å². The summed E-state index contributed by atoms with van der Waals surface area (Å²) in [6, 6.07) is 6.57. The van der Waals surface area contributed by atoms with Gasteiger partial charge in [-0.1, -0.05) is 31.5 Å². The minimum absolute atomic E-state index is 0.0305. The van der Waals surface area contributed by atoms with Gasteiger partial charge in [0.05, 0.1) is 23.4 Å². The van der Waals surface area contributed by atoms with E-state index in [0.29, 0.717) is 16.3 Å². The maximum atomic E-state index is 11.6. The minimum Gasteiger partial charge on any atom is -0.467 e. The Hall–Kier alpha value is -1.73. The number of nitriles is 1. The highest BCUT2D eigenvalue weighted by Crippen LogP contribution is 2.25. The third-order valence-corrected chi connectivity index (χ3v) is 2.87. The molecule has 0 aliphatic carbocycles. The van der Waals surface area contributed by atoms with Crippen LogP contribution in [0, 0.1) is 17.2 Å². The number of anilines is 1. The highest BCUT2D eigenvalue weighted by atomic mass is 35.5. The summed E-state index contributed by atoms with van der Waals surface area (Å²) < 4.78 is 4.73. The Balaban J connectivity index is 3.06. The third-order valence-electron chi connectivity index (χ3n) is 2.56. The molecule has 0 heterocycles. The Morgan fingerprint density at radius 3 is 2.67 bits per heavy atom. The molecule has 0 saturated heterocycles. The van der Waals surface area contributed by atoms with Crippen LogP contribution in [0.3, 0.4) is 0 Å². The topological polar surface area (TPSA) is 62.1 Å². The van der Waals surface area contributed by atoms with Crippen LogP contribution in [0.4, 0.5) is 5.69 Å². The van der Waals surface area contributed by atoms with E-state index < -0.39 is 6.04 Å². The zero-order chi connectivity index (χ0) is 13.7. The first-order chi connectivity index (χ1) is 8.51. The molecular formula is C13H15ClN2O2. The summed E-state index contributed by atoms with van der Waals surface area (Å²) in [6.45, 7) is 3.79. The fourth-order valence-electron chi connectivity index (χ4n) is 1.55. The first-order valence-corrected chi connectivity index (χ1v) is 5.92. The largest absolute Gasteiger partial charge is 0.467 e. The number of nitrogens with zero attached hydrogens (tertiary/aromatic N) is 1. The normalized spacial score (nSPS) is 11.8. The summed E-state index contributed by atoms with van der Waals surface area (Å²) in [5.41, 5.74) is 0.864. The van der Waals surface area contributed by atoms with E-state index in [1.165, 1.54) is 7.11 Å². The summed E-state index contributed by atoms with van der Waals surface area (Å²) in [4.78, 5) is 11.6. The van der Waals surface area contributed by atoms with Gasteiger partial charge < -0.3 is 10.1 Å². The Labute approximate surface area is 112 Å². The number of carbonyl (C=O) groups excluding carboxylic acids is 1. The smallest absolute Gasteiger partial charge is 0.328 e. The first-order valence-electron chi connectivity index (χ1n) is 5.54. The number of hydrogen-bond acceptors (Lipinski definition) is 4. The molecule has 0 aromatic heterocycles. The van der Waals surface area contributed by atoms with Crippen molar-refractivity contribution in [3.63, 3.8) is 0 Å². The lowest BCUT2D eigenvalue weighted by molar-refractivity contribution is -0.142. The van der Waals surface area contributed by atoms with Gasteiger partial charge >= 0.3 is 5.97 Å². The van der Waals surface area contributed by atoms with Crippen LogP contribution < -0.4 is 5.32 Å². The first kappa shape index (κ1) is 14.3. The lowest BCUT2D eigenvalue weighted by Crippen LogP contribution is -2.35. The van der Waals surface area contributed by atoms with Crippen molar-refractivity contribution in [1.29, 1.82) is 5.26 Å². The lowest BCUT2D eigenvalue weighted by Gasteiger charge is -2.21. The number of carbonyl (C=O) groups is 1. The van der Waals surface area contributed by atoms with Gasteiger partial charge in [-0.05, 0) is 18.1 Å². The Bertz CT molecular complexity index is 480. The van der Waals surface area contributed by atoms with Crippen molar-refractivity contribution in [1.82, 2.24) is 0 Å². The minimum atomic E-state index is -0.513. The van der Waals surface area contributed by atoms with E-state index >= 15 is 0 Å². The number of halogens is 1. The van der Waals surface area contributed by atoms with E-state index in [1.807, 2.05) is 19.9 Å². The van der Waals surface area contributed by atoms with Crippen molar-refractivity contribution in [3.05, 3.63) is 28.8 Å². The molecule has 0 radical (unpaired) electrons. The van der Waals surface area contributed by atoms with Gasteiger partial charge in [-0.2, -0.15) is 5.26 Å². The highest BCUT2D eigenvalue weighted by Gasteiger charge is 2.23. The lowest BCUT2D eigenvalue weighted by atomic mass is 10.0. The van der Waals surface area contributed by atoms with Gasteiger partial charge in [-0.15, -0.1) is 0 Å². The van der Waals surface area contributed by atoms with Crippen LogP contribution in [-0.2, 0) is 9.53 Å². The SMILES string of the molecule is COC(=O)C(Nc1cccc(Cl)c1C#N)C(C)C. The summed E-state index contributed by atoms with van der Waals surface area (Å²) in [5, 5.41) is 12.4. The zero-order valence-electron chi connectivity index (χ0n) is 10.5. The number of ether oxygens (including phenoxy) is 1. The van der Waals surface area contributed by atoms with Gasteiger partial charge in [-0.25, -0.2) is 4.79 Å². The summed E-state index contributed by atoms with van der Waals surface area (Å²) in [7, 11) is 1.34. The van der Waals surface area contributed by atoms with Crippen molar-refractivity contribution in [3.8, 4) is 6.07 Å². The monoisotopic (exact) mass is 266 g/mol. The van der Waals surface area contributed by atoms with E-state index in [9.17, 15) is 4.79 Å². The van der Waals surface area contributed by atoms with Crippen molar-refractivity contribution in [2.24, 2.45) is 5.92 Å². The van der Waals surface area contributed by atoms with Crippen LogP contribution in [0.25, 0.3) is 0 Å². The molecule has 1 N–H and O–H groups in total. The Morgan fingerprint density at radius 2 is 2.17 bits per heavy atom. The fraction of sp³-hybridized carbons (Fsp3) is 0.385. The molecule has 1 rings (SSSR count). The van der Waals surface area contributed by atoms with Crippen LogP contribution in [0.15, 0.2) is 18.2 Å². The molecule has 1 unspecified atom stereocenters. The number of hydrogen-bond donors (Lipinski definition) is 1. The molecular weight excluding hydrogens is 252 g/mol. The molecule has 5 heteroatoms. The zero-order valence-corrected chi connectivity index (χ0v) is 11.3. The van der Waals surface area contributed by atoms with E-state index in [-0.39, 0.29) is 11.9 Å². The molecule has 0 aliphatic rings. The average molecular weight is 267 g/mol. The molecule has 18 heavy (non-hydrogen) atoms. The molecule has 1 aromatic carbocycles. The van der Waals surface area contributed by atoms with Gasteiger partial charge in [0.1, 0.15) is 12.1 Å². The second kappa shape index (κ2) is 6.27. The molecule has 0 aliphatic heterocycles. The Morgan fingerprint density at radius 1 is 1.50 bits per heavy atom. The second-order valence-corrected chi connectivity index (χ2v) is 4.57. The Kier molecular flexibility index (Phi) is 4.99. The van der Waals surface area contributed by atoms with Crippen LogP contribution in [-0.4, -0.2) is 19.1 Å². The van der Waals surface area contributed by atoms with Gasteiger partial charge in [0, 0.05) is 0 Å². The average Bonchev–Trinajstić information content (AvgIpc) is 2.34. The van der Waals surface area contributed by atoms with Crippen molar-refractivity contribution < 1.29 is 9.53 Å². The standard InChI is InChI=1S/C13H15ClN2O2/c1-8(2)12(13(17)18-3)16-11-6-4-5-10(14)9(11)7-15/h4-6,8,12,16H,1-3H3. The van der Waals surface area contributed by atoms with E-state index in [0.717, 1.165) is 0 Å². The van der Waals surface area contributed by atoms with E-state index in [4.69, 9.17) is 21.6 Å². The second-order valence-electron chi connectivity index (χ2n) is 4.16. The van der Waals surface area contributed by atoms with Crippen molar-refractivity contribution >= 4 is 23.3 Å². The summed E-state index contributed by atoms with van der Waals surface area (Å²) >= 11 is 5.93. The number of esters is 1. The van der Waals surface area contributed by atoms with Crippen LogP contribution in [0.2, 0.25) is 5.02 Å². The van der Waals surface area contributed by atoms with Gasteiger partial charge in [0.15, 0.2) is 0 Å². The van der Waals surface area contributed by atoms with Crippen LogP contribution in [0.5, 0.6) is 0 Å². The molecule has 1 aromatic rings. The maximum Gasteiger partial charge on any atom is 0.328 e. The molecule has 0 spiro atoms. The third kappa shape index (κ3) is 3.14. The summed E-state index contributed by atoms with van der Waals surface area (Å²) in [5.74, 6) is -0.336. The van der Waals surface area contributed by atoms with Crippen molar-refractivity contribution in [2.45, 2.75) is 19.9 Å². The van der Waals surface area contributed by atoms with E-state index in [2.05, 4.69) is 5.32 Å². The molecule has 0 fully saturated rings. The van der Waals surface area contributed by atoms with Crippen molar-refractivity contribution in [2.75, 3.05) is 12.4 Å². The molecule has 0 bridgehead atoms. The predicted molar refractivity (Wildman–Crippen MR) is 70.4 cm³/mol. The van der Waals surface area contributed by atoms with Gasteiger partial charge in [-0.3, -0.25) is 0 Å². The number of benzene rings is 1. The summed E-state index contributed by atoms with van der Waals surface area (Å²) in [6.07, 6.45) is 0. The number of methoxy groups -OCH3 is 1. The number of rotatable bonds is 4. The predicted octanol–water partition coefficient (Wildman–Crippen LogP) is 2.82. The van der Waals surface area contributed by atoms with Crippen LogP contribution >= 0.6 is 11.6 Å². The molecule has 1 atom stereocenters. The van der Waals surface area contributed by atoms with Crippen LogP contribution in [0.1, 0.15) is 19.4 Å². The fourth-order valence-corrected chi connectivity index (χ4v) is 1.77. The molecule has 4 nitrogen and oxygen atoms in total. The maximum absolute atomic E-state index is 11.6.